The molecule has 96 valence electrons. The Balaban J connectivity index is 2.42. The molecule has 1 saturated heterocycles. The molecule has 1 heterocycles. The Morgan fingerprint density at radius 1 is 1.65 bits per heavy atom. The maximum absolute atomic E-state index is 11.9. The van der Waals surface area contributed by atoms with Crippen LogP contribution in [0.15, 0.2) is 0 Å². The van der Waals surface area contributed by atoms with Crippen LogP contribution in [-0.4, -0.2) is 29.4 Å². The normalized spacial score (nSPS) is 21.1. The van der Waals surface area contributed by atoms with E-state index >= 15 is 0 Å². The molecule has 0 aromatic heterocycles. The van der Waals surface area contributed by atoms with E-state index in [0.717, 1.165) is 6.42 Å². The van der Waals surface area contributed by atoms with Crippen molar-refractivity contribution in [3.63, 3.8) is 0 Å². The van der Waals surface area contributed by atoms with Gasteiger partial charge in [0.25, 0.3) is 0 Å². The van der Waals surface area contributed by atoms with E-state index in [1.807, 2.05) is 13.8 Å². The summed E-state index contributed by atoms with van der Waals surface area (Å²) in [4.78, 5) is 23.1. The van der Waals surface area contributed by atoms with Gasteiger partial charge in [0, 0.05) is 19.0 Å². The van der Waals surface area contributed by atoms with Gasteiger partial charge in [-0.05, 0) is 12.3 Å². The fourth-order valence-electron chi connectivity index (χ4n) is 1.92. The van der Waals surface area contributed by atoms with E-state index in [4.69, 9.17) is 18.0 Å². The standard InChI is InChI=1S/C11H19N3O2S/c1-6(2)9(10(12)17)11(16)13-5-7-3-4-8(15)14-7/h6-7,9H,3-5H2,1-2H3,(H2,12,17)(H,13,16)(H,14,15). The average Bonchev–Trinajstić information content (AvgIpc) is 2.60. The van der Waals surface area contributed by atoms with Crippen LogP contribution in [0.5, 0.6) is 0 Å². The molecule has 0 spiro atoms. The van der Waals surface area contributed by atoms with Gasteiger partial charge in [-0.15, -0.1) is 0 Å². The molecule has 6 heteroatoms. The van der Waals surface area contributed by atoms with Gasteiger partial charge in [0.05, 0.1) is 10.9 Å². The van der Waals surface area contributed by atoms with Crippen LogP contribution in [-0.2, 0) is 9.59 Å². The van der Waals surface area contributed by atoms with E-state index in [9.17, 15) is 9.59 Å². The quantitative estimate of drug-likeness (QED) is 0.602. The molecule has 0 bridgehead atoms. The van der Waals surface area contributed by atoms with E-state index in [0.29, 0.717) is 13.0 Å². The molecule has 0 saturated carbocycles. The van der Waals surface area contributed by atoms with Crippen LogP contribution in [0.4, 0.5) is 0 Å². The van der Waals surface area contributed by atoms with E-state index < -0.39 is 5.92 Å². The van der Waals surface area contributed by atoms with Crippen molar-refractivity contribution in [2.45, 2.75) is 32.7 Å². The van der Waals surface area contributed by atoms with Crippen molar-refractivity contribution in [1.29, 1.82) is 0 Å². The zero-order valence-electron chi connectivity index (χ0n) is 10.2. The predicted molar refractivity (Wildman–Crippen MR) is 69.3 cm³/mol. The molecule has 1 aliphatic rings. The van der Waals surface area contributed by atoms with Crippen molar-refractivity contribution in [2.24, 2.45) is 17.6 Å². The van der Waals surface area contributed by atoms with Gasteiger partial charge in [-0.25, -0.2) is 0 Å². The van der Waals surface area contributed by atoms with Crippen molar-refractivity contribution in [3.8, 4) is 0 Å². The second kappa shape index (κ2) is 5.95. The van der Waals surface area contributed by atoms with E-state index in [1.54, 1.807) is 0 Å². The second-order valence-electron chi connectivity index (χ2n) is 4.67. The third-order valence-electron chi connectivity index (χ3n) is 2.86. The predicted octanol–water partition coefficient (Wildman–Crippen LogP) is -0.0605. The van der Waals surface area contributed by atoms with Crippen LogP contribution in [0.25, 0.3) is 0 Å². The van der Waals surface area contributed by atoms with Crippen LogP contribution < -0.4 is 16.4 Å². The maximum Gasteiger partial charge on any atom is 0.230 e. The molecule has 0 radical (unpaired) electrons. The molecule has 0 aromatic carbocycles. The van der Waals surface area contributed by atoms with Gasteiger partial charge in [0.1, 0.15) is 0 Å². The number of nitrogens with one attached hydrogen (secondary N) is 2. The summed E-state index contributed by atoms with van der Waals surface area (Å²) in [6.45, 7) is 4.25. The van der Waals surface area contributed by atoms with Crippen LogP contribution in [0, 0.1) is 11.8 Å². The van der Waals surface area contributed by atoms with Gasteiger partial charge in [-0.3, -0.25) is 9.59 Å². The second-order valence-corrected chi connectivity index (χ2v) is 5.14. The summed E-state index contributed by atoms with van der Waals surface area (Å²) in [6, 6.07) is 0.0330. The fraction of sp³-hybridized carbons (Fsp3) is 0.727. The molecule has 2 unspecified atom stereocenters. The van der Waals surface area contributed by atoms with Gasteiger partial charge >= 0.3 is 0 Å². The average molecular weight is 257 g/mol. The lowest BCUT2D eigenvalue weighted by molar-refractivity contribution is -0.124. The van der Waals surface area contributed by atoms with Crippen LogP contribution in [0.2, 0.25) is 0 Å². The lowest BCUT2D eigenvalue weighted by atomic mass is 9.95. The summed E-state index contributed by atoms with van der Waals surface area (Å²) in [5, 5.41) is 5.58. The van der Waals surface area contributed by atoms with Crippen LogP contribution in [0.3, 0.4) is 0 Å². The number of rotatable bonds is 5. The number of hydrogen-bond acceptors (Lipinski definition) is 3. The van der Waals surface area contributed by atoms with E-state index in [2.05, 4.69) is 10.6 Å². The molecule has 0 aromatic rings. The molecule has 4 N–H and O–H groups in total. The summed E-state index contributed by atoms with van der Waals surface area (Å²) in [5.74, 6) is -0.486. The molecule has 1 fully saturated rings. The number of thiocarbonyl (C=S) groups is 1. The Morgan fingerprint density at radius 3 is 2.71 bits per heavy atom. The van der Waals surface area contributed by atoms with Crippen molar-refractivity contribution in [3.05, 3.63) is 0 Å². The van der Waals surface area contributed by atoms with Crippen LogP contribution in [0.1, 0.15) is 26.7 Å². The SMILES string of the molecule is CC(C)C(C(=O)NCC1CCC(=O)N1)C(N)=S. The molecular formula is C11H19N3O2S. The third-order valence-corrected chi connectivity index (χ3v) is 3.12. The van der Waals surface area contributed by atoms with Gasteiger partial charge in [0.2, 0.25) is 11.8 Å². The van der Waals surface area contributed by atoms with Crippen molar-refractivity contribution < 1.29 is 9.59 Å². The highest BCUT2D eigenvalue weighted by Crippen LogP contribution is 2.12. The van der Waals surface area contributed by atoms with Crippen molar-refractivity contribution >= 4 is 29.0 Å². The summed E-state index contributed by atoms with van der Waals surface area (Å²) in [6.07, 6.45) is 1.29. The zero-order valence-corrected chi connectivity index (χ0v) is 11.0. The number of amides is 2. The van der Waals surface area contributed by atoms with Crippen molar-refractivity contribution in [1.82, 2.24) is 10.6 Å². The monoisotopic (exact) mass is 257 g/mol. The third kappa shape index (κ3) is 3.96. The highest BCUT2D eigenvalue weighted by molar-refractivity contribution is 7.80. The summed E-state index contributed by atoms with van der Waals surface area (Å²) < 4.78 is 0. The highest BCUT2D eigenvalue weighted by Gasteiger charge is 2.26. The molecule has 17 heavy (non-hydrogen) atoms. The zero-order chi connectivity index (χ0) is 13.0. The first-order valence-corrected chi connectivity index (χ1v) is 6.19. The van der Waals surface area contributed by atoms with E-state index in [1.165, 1.54) is 0 Å². The Kier molecular flexibility index (Phi) is 4.86. The first-order valence-electron chi connectivity index (χ1n) is 5.78. The molecule has 2 amide bonds. The molecule has 5 nitrogen and oxygen atoms in total. The Labute approximate surface area is 107 Å². The van der Waals surface area contributed by atoms with Crippen LogP contribution >= 0.6 is 12.2 Å². The molecule has 2 atom stereocenters. The minimum atomic E-state index is -0.442. The minimum Gasteiger partial charge on any atom is -0.393 e. The Hall–Kier alpha value is -1.17. The first-order chi connectivity index (χ1) is 7.91. The highest BCUT2D eigenvalue weighted by atomic mass is 32.1. The summed E-state index contributed by atoms with van der Waals surface area (Å²) in [5.41, 5.74) is 5.55. The summed E-state index contributed by atoms with van der Waals surface area (Å²) in [7, 11) is 0. The van der Waals surface area contributed by atoms with E-state index in [-0.39, 0.29) is 28.8 Å². The first kappa shape index (κ1) is 13.9. The maximum atomic E-state index is 11.9. The topological polar surface area (TPSA) is 84.2 Å². The van der Waals surface area contributed by atoms with Crippen molar-refractivity contribution in [2.75, 3.05) is 6.54 Å². The summed E-state index contributed by atoms with van der Waals surface area (Å²) >= 11 is 4.88. The van der Waals surface area contributed by atoms with Gasteiger partial charge in [-0.1, -0.05) is 26.1 Å². The van der Waals surface area contributed by atoms with Gasteiger partial charge in [-0.2, -0.15) is 0 Å². The molecule has 1 aliphatic heterocycles. The van der Waals surface area contributed by atoms with Gasteiger partial charge in [0.15, 0.2) is 0 Å². The number of carbonyl (C=O) groups excluding carboxylic acids is 2. The number of carbonyl (C=O) groups is 2. The molecule has 0 aliphatic carbocycles. The minimum absolute atomic E-state index is 0.0330. The van der Waals surface area contributed by atoms with Gasteiger partial charge < -0.3 is 16.4 Å². The Morgan fingerprint density at radius 2 is 2.29 bits per heavy atom. The molecule has 1 rings (SSSR count). The molecular weight excluding hydrogens is 238 g/mol. The smallest absolute Gasteiger partial charge is 0.230 e. The Bertz CT molecular complexity index is 331. The largest absolute Gasteiger partial charge is 0.393 e. The number of hydrogen-bond donors (Lipinski definition) is 3. The lowest BCUT2D eigenvalue weighted by Gasteiger charge is -2.20. The number of nitrogens with two attached hydrogens (primary N) is 1. The lowest BCUT2D eigenvalue weighted by Crippen LogP contribution is -2.45. The fourth-order valence-corrected chi connectivity index (χ4v) is 2.30.